The van der Waals surface area contributed by atoms with Gasteiger partial charge < -0.3 is 4.42 Å². The molecule has 2 heteroatoms. The van der Waals surface area contributed by atoms with Crippen LogP contribution < -0.4 is 0 Å². The van der Waals surface area contributed by atoms with Crippen LogP contribution in [0, 0.1) is 11.3 Å². The van der Waals surface area contributed by atoms with Crippen LogP contribution in [0.5, 0.6) is 0 Å². The Morgan fingerprint density at radius 2 is 2.18 bits per heavy atom. The molecule has 22 heavy (non-hydrogen) atoms. The van der Waals surface area contributed by atoms with Crippen LogP contribution in [0.15, 0.2) is 28.7 Å². The van der Waals surface area contributed by atoms with Gasteiger partial charge in [-0.3, -0.25) is 4.90 Å². The number of fused-ring (bicyclic) bond motifs is 4. The van der Waals surface area contributed by atoms with Gasteiger partial charge in [0.2, 0.25) is 0 Å². The summed E-state index contributed by atoms with van der Waals surface area (Å²) < 4.78 is 6.42. The van der Waals surface area contributed by atoms with Crippen molar-refractivity contribution in [3.63, 3.8) is 0 Å². The molecule has 1 saturated carbocycles. The van der Waals surface area contributed by atoms with Crippen LogP contribution in [0.25, 0.3) is 11.0 Å². The van der Waals surface area contributed by atoms with Crippen LogP contribution in [0.1, 0.15) is 50.4 Å². The number of furan rings is 1. The summed E-state index contributed by atoms with van der Waals surface area (Å²) in [6.07, 6.45) is 5.20. The topological polar surface area (TPSA) is 16.4 Å². The number of nitrogens with zero attached hydrogens (tertiary/aromatic N) is 1. The molecular weight excluding hydrogens is 270 g/mol. The smallest absolute Gasteiger partial charge is 0.134 e. The van der Waals surface area contributed by atoms with Crippen LogP contribution >= 0.6 is 0 Å². The molecule has 6 rings (SSSR count). The first kappa shape index (κ1) is 13.2. The predicted molar refractivity (Wildman–Crippen MR) is 89.1 cm³/mol. The van der Waals surface area contributed by atoms with Gasteiger partial charge in [0.25, 0.3) is 0 Å². The number of piperidine rings is 2. The van der Waals surface area contributed by atoms with Gasteiger partial charge >= 0.3 is 0 Å². The second-order valence-corrected chi connectivity index (χ2v) is 8.05. The van der Waals surface area contributed by atoms with Crippen molar-refractivity contribution in [3.05, 3.63) is 35.6 Å². The highest BCUT2D eigenvalue weighted by Crippen LogP contribution is 2.56. The maximum Gasteiger partial charge on any atom is 0.134 e. The lowest BCUT2D eigenvalue weighted by Crippen LogP contribution is -2.60. The molecule has 4 heterocycles. The van der Waals surface area contributed by atoms with E-state index in [2.05, 4.69) is 43.0 Å². The molecule has 2 aromatic rings. The zero-order valence-electron chi connectivity index (χ0n) is 13.6. The Kier molecular flexibility index (Phi) is 2.63. The fraction of sp³-hybridized carbons (Fsp3) is 0.600. The third-order valence-electron chi connectivity index (χ3n) is 6.85. The Hall–Kier alpha value is -1.28. The van der Waals surface area contributed by atoms with Gasteiger partial charge in [-0.25, -0.2) is 0 Å². The average Bonchev–Trinajstić information content (AvgIpc) is 2.86. The molecule has 1 aliphatic carbocycles. The van der Waals surface area contributed by atoms with E-state index in [0.29, 0.717) is 17.4 Å². The highest BCUT2D eigenvalue weighted by Gasteiger charge is 2.54. The minimum absolute atomic E-state index is 0.465. The Labute approximate surface area is 132 Å². The van der Waals surface area contributed by atoms with E-state index >= 15 is 0 Å². The van der Waals surface area contributed by atoms with Gasteiger partial charge in [-0.2, -0.15) is 0 Å². The SMILES string of the molecule is CCC1(C)CC2CC3c4oc5ccccc5c4CCN(C2)C31. The van der Waals surface area contributed by atoms with E-state index in [1.165, 1.54) is 49.1 Å². The molecule has 4 bridgehead atoms. The summed E-state index contributed by atoms with van der Waals surface area (Å²) in [4.78, 5) is 2.80. The number of hydrogen-bond acceptors (Lipinski definition) is 2. The minimum Gasteiger partial charge on any atom is -0.460 e. The van der Waals surface area contributed by atoms with Crippen molar-refractivity contribution in [1.29, 1.82) is 0 Å². The number of hydrogen-bond donors (Lipinski definition) is 0. The molecular formula is C20H25NO. The second-order valence-electron chi connectivity index (χ2n) is 8.05. The first-order valence-electron chi connectivity index (χ1n) is 8.94. The second kappa shape index (κ2) is 4.38. The molecule has 2 saturated heterocycles. The first-order valence-corrected chi connectivity index (χ1v) is 8.94. The third-order valence-corrected chi connectivity index (χ3v) is 6.85. The quantitative estimate of drug-likeness (QED) is 0.765. The molecule has 2 nitrogen and oxygen atoms in total. The van der Waals surface area contributed by atoms with Crippen LogP contribution in [0.3, 0.4) is 0 Å². The minimum atomic E-state index is 0.465. The number of para-hydroxylation sites is 1. The summed E-state index contributed by atoms with van der Waals surface area (Å²) in [6, 6.07) is 9.32. The van der Waals surface area contributed by atoms with E-state index in [0.717, 1.165) is 17.9 Å². The Morgan fingerprint density at radius 1 is 1.32 bits per heavy atom. The number of benzene rings is 1. The fourth-order valence-corrected chi connectivity index (χ4v) is 5.88. The molecule has 1 aromatic carbocycles. The van der Waals surface area contributed by atoms with Crippen LogP contribution in [-0.2, 0) is 6.42 Å². The molecule has 0 amide bonds. The van der Waals surface area contributed by atoms with E-state index in [-0.39, 0.29) is 0 Å². The maximum absolute atomic E-state index is 6.42. The summed E-state index contributed by atoms with van der Waals surface area (Å²) in [5.41, 5.74) is 3.07. The molecule has 5 unspecified atom stereocenters. The van der Waals surface area contributed by atoms with Crippen molar-refractivity contribution in [2.75, 3.05) is 13.1 Å². The lowest BCUT2D eigenvalue weighted by atomic mass is 9.58. The van der Waals surface area contributed by atoms with E-state index in [1.54, 1.807) is 0 Å². The van der Waals surface area contributed by atoms with Gasteiger partial charge in [-0.15, -0.1) is 0 Å². The monoisotopic (exact) mass is 295 g/mol. The van der Waals surface area contributed by atoms with Gasteiger partial charge in [-0.05, 0) is 43.1 Å². The highest BCUT2D eigenvalue weighted by molar-refractivity contribution is 5.82. The lowest BCUT2D eigenvalue weighted by molar-refractivity contribution is -0.0706. The normalized spacial score (nSPS) is 39.7. The third kappa shape index (κ3) is 1.59. The van der Waals surface area contributed by atoms with Gasteiger partial charge in [0.15, 0.2) is 0 Å². The predicted octanol–water partition coefficient (Wildman–Crippen LogP) is 4.58. The first-order chi connectivity index (χ1) is 10.7. The summed E-state index contributed by atoms with van der Waals surface area (Å²) in [6.45, 7) is 7.44. The van der Waals surface area contributed by atoms with Gasteiger partial charge in [-0.1, -0.05) is 32.0 Å². The van der Waals surface area contributed by atoms with Gasteiger partial charge in [0, 0.05) is 36.0 Å². The van der Waals surface area contributed by atoms with E-state index in [1.807, 2.05) is 0 Å². The zero-order chi connectivity index (χ0) is 14.9. The van der Waals surface area contributed by atoms with Gasteiger partial charge in [0.1, 0.15) is 11.3 Å². The van der Waals surface area contributed by atoms with E-state index in [9.17, 15) is 0 Å². The van der Waals surface area contributed by atoms with Crippen molar-refractivity contribution in [2.24, 2.45) is 11.3 Å². The fourth-order valence-electron chi connectivity index (χ4n) is 5.88. The summed E-state index contributed by atoms with van der Waals surface area (Å²) in [5.74, 6) is 2.80. The molecule has 3 fully saturated rings. The van der Waals surface area contributed by atoms with Crippen LogP contribution in [0.4, 0.5) is 0 Å². The largest absolute Gasteiger partial charge is 0.460 e. The molecule has 4 aliphatic rings. The Morgan fingerprint density at radius 3 is 3.05 bits per heavy atom. The molecule has 0 spiro atoms. The average molecular weight is 295 g/mol. The van der Waals surface area contributed by atoms with Crippen LogP contribution in [0.2, 0.25) is 0 Å². The van der Waals surface area contributed by atoms with Crippen molar-refractivity contribution in [1.82, 2.24) is 4.90 Å². The maximum atomic E-state index is 6.42. The summed E-state index contributed by atoms with van der Waals surface area (Å²) >= 11 is 0. The molecule has 5 atom stereocenters. The van der Waals surface area contributed by atoms with Crippen molar-refractivity contribution in [3.8, 4) is 0 Å². The van der Waals surface area contributed by atoms with Crippen LogP contribution in [-0.4, -0.2) is 24.0 Å². The number of rotatable bonds is 1. The summed E-state index contributed by atoms with van der Waals surface area (Å²) in [5, 5.41) is 1.36. The Balaban J connectivity index is 1.71. The van der Waals surface area contributed by atoms with Crippen molar-refractivity contribution >= 4 is 11.0 Å². The molecule has 1 aromatic heterocycles. The molecule has 3 aliphatic heterocycles. The van der Waals surface area contributed by atoms with E-state index < -0.39 is 0 Å². The zero-order valence-corrected chi connectivity index (χ0v) is 13.6. The lowest BCUT2D eigenvalue weighted by Gasteiger charge is -2.58. The van der Waals surface area contributed by atoms with Gasteiger partial charge in [0.05, 0.1) is 0 Å². The standard InChI is InChI=1S/C20H25NO/c1-3-20(2)11-13-10-16-18-15(8-9-21(12-13)19(16)20)14-6-4-5-7-17(14)22-18/h4-7,13,16,19H,3,8-12H2,1-2H3. The van der Waals surface area contributed by atoms with E-state index in [4.69, 9.17) is 4.42 Å². The summed E-state index contributed by atoms with van der Waals surface area (Å²) in [7, 11) is 0. The molecule has 116 valence electrons. The van der Waals surface area contributed by atoms with Crippen molar-refractivity contribution in [2.45, 2.75) is 51.5 Å². The molecule has 0 radical (unpaired) electrons. The van der Waals surface area contributed by atoms with Crippen molar-refractivity contribution < 1.29 is 4.42 Å². The molecule has 0 N–H and O–H groups in total. The highest BCUT2D eigenvalue weighted by atomic mass is 16.3. The Bertz CT molecular complexity index is 732.